The van der Waals surface area contributed by atoms with Gasteiger partial charge in [0.2, 0.25) is 11.8 Å². The quantitative estimate of drug-likeness (QED) is 0.639. The summed E-state index contributed by atoms with van der Waals surface area (Å²) in [5, 5.41) is 14.3. The van der Waals surface area contributed by atoms with Crippen molar-refractivity contribution in [3.63, 3.8) is 0 Å². The van der Waals surface area contributed by atoms with Gasteiger partial charge in [-0.3, -0.25) is 19.8 Å². The van der Waals surface area contributed by atoms with E-state index in [-0.39, 0.29) is 24.4 Å². The molecule has 3 N–H and O–H groups in total. The van der Waals surface area contributed by atoms with Gasteiger partial charge in [0.1, 0.15) is 11.6 Å². The molecule has 1 aliphatic carbocycles. The SMILES string of the molecule is O=C1CCC(c2c(F)cc(N[C@H]3C[C@H](N4CCN(C(=O)O)CC4)C3)cc2F)C(=O)N1. The second kappa shape index (κ2) is 8.17. The molecule has 30 heavy (non-hydrogen) atoms. The van der Waals surface area contributed by atoms with Gasteiger partial charge in [-0.15, -0.1) is 0 Å². The van der Waals surface area contributed by atoms with Crippen LogP contribution < -0.4 is 10.6 Å². The summed E-state index contributed by atoms with van der Waals surface area (Å²) in [4.78, 5) is 37.9. The summed E-state index contributed by atoms with van der Waals surface area (Å²) < 4.78 is 29.2. The standard InChI is InChI=1S/C20H24F2N4O4/c21-15-9-12(10-16(22)18(15)14-1-2-17(27)24-19(14)28)23-11-7-13(8-11)25-3-5-26(6-4-25)20(29)30/h9-11,13-14,23H,1-8H2,(H,29,30)(H,24,27,28)/t11-,13-,14?. The molecule has 10 heteroatoms. The molecule has 1 atom stereocenters. The van der Waals surface area contributed by atoms with E-state index >= 15 is 0 Å². The molecule has 3 aliphatic rings. The van der Waals surface area contributed by atoms with E-state index in [1.54, 1.807) is 0 Å². The summed E-state index contributed by atoms with van der Waals surface area (Å²) in [6.45, 7) is 2.35. The average Bonchev–Trinajstić information content (AvgIpc) is 2.65. The Hall–Kier alpha value is -2.75. The van der Waals surface area contributed by atoms with Gasteiger partial charge >= 0.3 is 6.09 Å². The Balaban J connectivity index is 1.33. The summed E-state index contributed by atoms with van der Waals surface area (Å²) in [7, 11) is 0. The van der Waals surface area contributed by atoms with Gasteiger partial charge in [-0.1, -0.05) is 0 Å². The lowest BCUT2D eigenvalue weighted by molar-refractivity contribution is -0.134. The molecule has 1 saturated carbocycles. The predicted molar refractivity (Wildman–Crippen MR) is 103 cm³/mol. The third-order valence-corrected chi connectivity index (χ3v) is 6.25. The van der Waals surface area contributed by atoms with Crippen molar-refractivity contribution in [2.24, 2.45) is 0 Å². The lowest BCUT2D eigenvalue weighted by Gasteiger charge is -2.46. The van der Waals surface area contributed by atoms with Crippen LogP contribution in [0.5, 0.6) is 0 Å². The number of carbonyl (C=O) groups is 3. The first-order valence-electron chi connectivity index (χ1n) is 10.1. The van der Waals surface area contributed by atoms with Gasteiger partial charge in [-0.05, 0) is 31.4 Å². The number of benzene rings is 1. The first-order chi connectivity index (χ1) is 14.3. The number of amides is 3. The molecule has 4 rings (SSSR count). The van der Waals surface area contributed by atoms with E-state index in [9.17, 15) is 23.2 Å². The molecule has 3 fully saturated rings. The number of hydrogen-bond acceptors (Lipinski definition) is 5. The minimum absolute atomic E-state index is 0.0550. The topological polar surface area (TPSA) is 102 Å². The molecule has 2 heterocycles. The van der Waals surface area contributed by atoms with Crippen LogP contribution in [-0.2, 0) is 9.59 Å². The average molecular weight is 422 g/mol. The van der Waals surface area contributed by atoms with Crippen molar-refractivity contribution in [1.82, 2.24) is 15.1 Å². The van der Waals surface area contributed by atoms with Crippen LogP contribution in [0.4, 0.5) is 19.3 Å². The van der Waals surface area contributed by atoms with Crippen molar-refractivity contribution in [2.45, 2.75) is 43.7 Å². The number of anilines is 1. The monoisotopic (exact) mass is 422 g/mol. The van der Waals surface area contributed by atoms with Crippen molar-refractivity contribution in [1.29, 1.82) is 0 Å². The predicted octanol–water partition coefficient (Wildman–Crippen LogP) is 1.72. The van der Waals surface area contributed by atoms with Crippen molar-refractivity contribution in [2.75, 3.05) is 31.5 Å². The molecular weight excluding hydrogens is 398 g/mol. The summed E-state index contributed by atoms with van der Waals surface area (Å²) >= 11 is 0. The number of rotatable bonds is 4. The fraction of sp³-hybridized carbons (Fsp3) is 0.550. The van der Waals surface area contributed by atoms with Gasteiger partial charge in [0.15, 0.2) is 0 Å². The third kappa shape index (κ3) is 4.09. The van der Waals surface area contributed by atoms with Gasteiger partial charge in [0.25, 0.3) is 0 Å². The fourth-order valence-corrected chi connectivity index (χ4v) is 4.49. The number of imide groups is 1. The van der Waals surface area contributed by atoms with Crippen LogP contribution in [0.25, 0.3) is 0 Å². The Bertz CT molecular complexity index is 843. The zero-order chi connectivity index (χ0) is 21.4. The lowest BCUT2D eigenvalue weighted by atomic mass is 9.84. The molecular formula is C20H24F2N4O4. The number of halogens is 2. The highest BCUT2D eigenvalue weighted by molar-refractivity contribution is 6.01. The van der Waals surface area contributed by atoms with Gasteiger partial charge in [-0.25, -0.2) is 13.6 Å². The van der Waals surface area contributed by atoms with E-state index in [2.05, 4.69) is 15.5 Å². The van der Waals surface area contributed by atoms with Gasteiger partial charge in [0, 0.05) is 55.9 Å². The van der Waals surface area contributed by atoms with E-state index in [1.807, 2.05) is 0 Å². The first kappa shape index (κ1) is 20.5. The number of hydrogen-bond donors (Lipinski definition) is 3. The van der Waals surface area contributed by atoms with Crippen LogP contribution in [0.15, 0.2) is 12.1 Å². The number of piperidine rings is 1. The van der Waals surface area contributed by atoms with Gasteiger partial charge < -0.3 is 15.3 Å². The van der Waals surface area contributed by atoms with Crippen molar-refractivity contribution in [3.8, 4) is 0 Å². The van der Waals surface area contributed by atoms with E-state index in [4.69, 9.17) is 5.11 Å². The number of nitrogens with zero attached hydrogens (tertiary/aromatic N) is 2. The Morgan fingerprint density at radius 3 is 2.30 bits per heavy atom. The molecule has 1 unspecified atom stereocenters. The second-order valence-corrected chi connectivity index (χ2v) is 8.13. The van der Waals surface area contributed by atoms with Crippen molar-refractivity contribution < 1.29 is 28.3 Å². The Morgan fingerprint density at radius 1 is 1.10 bits per heavy atom. The summed E-state index contributed by atoms with van der Waals surface area (Å²) in [5.74, 6) is -3.71. The lowest BCUT2D eigenvalue weighted by Crippen LogP contribution is -2.57. The number of carboxylic acid groups (broad SMARTS) is 1. The molecule has 0 spiro atoms. The van der Waals surface area contributed by atoms with Gasteiger partial charge in [0.05, 0.1) is 5.92 Å². The molecule has 8 nitrogen and oxygen atoms in total. The van der Waals surface area contributed by atoms with Crippen molar-refractivity contribution >= 4 is 23.6 Å². The highest BCUT2D eigenvalue weighted by Gasteiger charge is 2.36. The highest BCUT2D eigenvalue weighted by atomic mass is 19.1. The highest BCUT2D eigenvalue weighted by Crippen LogP contribution is 2.33. The zero-order valence-electron chi connectivity index (χ0n) is 16.4. The van der Waals surface area contributed by atoms with Gasteiger partial charge in [-0.2, -0.15) is 0 Å². The number of nitrogens with one attached hydrogen (secondary N) is 2. The third-order valence-electron chi connectivity index (χ3n) is 6.25. The van der Waals surface area contributed by atoms with E-state index in [0.717, 1.165) is 12.8 Å². The molecule has 2 saturated heterocycles. The van der Waals surface area contributed by atoms with Crippen LogP contribution in [0, 0.1) is 11.6 Å². The van der Waals surface area contributed by atoms with Crippen LogP contribution in [0.1, 0.15) is 37.2 Å². The van der Waals surface area contributed by atoms with Crippen LogP contribution in [-0.4, -0.2) is 71.1 Å². The normalized spacial score (nSPS) is 27.4. The summed E-state index contributed by atoms with van der Waals surface area (Å²) in [6, 6.07) is 2.80. The molecule has 0 bridgehead atoms. The van der Waals surface area contributed by atoms with E-state index < -0.39 is 35.5 Å². The second-order valence-electron chi connectivity index (χ2n) is 8.13. The fourth-order valence-electron chi connectivity index (χ4n) is 4.49. The van der Waals surface area contributed by atoms with Crippen LogP contribution >= 0.6 is 0 Å². The molecule has 1 aromatic rings. The molecule has 1 aromatic carbocycles. The molecule has 162 valence electrons. The molecule has 0 radical (unpaired) electrons. The Morgan fingerprint density at radius 2 is 1.73 bits per heavy atom. The molecule has 2 aliphatic heterocycles. The van der Waals surface area contributed by atoms with Crippen LogP contribution in [0.3, 0.4) is 0 Å². The van der Waals surface area contributed by atoms with Crippen LogP contribution in [0.2, 0.25) is 0 Å². The zero-order valence-corrected chi connectivity index (χ0v) is 16.4. The van der Waals surface area contributed by atoms with Crippen molar-refractivity contribution in [3.05, 3.63) is 29.3 Å². The summed E-state index contributed by atoms with van der Waals surface area (Å²) in [6.07, 6.45) is 0.869. The smallest absolute Gasteiger partial charge is 0.407 e. The molecule has 3 amide bonds. The van der Waals surface area contributed by atoms with E-state index in [0.29, 0.717) is 37.9 Å². The van der Waals surface area contributed by atoms with E-state index in [1.165, 1.54) is 17.0 Å². The number of carbonyl (C=O) groups excluding carboxylic acids is 2. The largest absolute Gasteiger partial charge is 0.465 e. The Kier molecular flexibility index (Phi) is 5.59. The maximum Gasteiger partial charge on any atom is 0.407 e. The Labute approximate surface area is 172 Å². The number of piperazine rings is 1. The minimum Gasteiger partial charge on any atom is -0.465 e. The molecule has 0 aromatic heterocycles. The first-order valence-corrected chi connectivity index (χ1v) is 10.1. The maximum absolute atomic E-state index is 14.6. The summed E-state index contributed by atoms with van der Waals surface area (Å²) in [5.41, 5.74) is 0.0218. The maximum atomic E-state index is 14.6. The minimum atomic E-state index is -1.01.